The van der Waals surface area contributed by atoms with Gasteiger partial charge in [-0.1, -0.05) is 18.6 Å². The van der Waals surface area contributed by atoms with Gasteiger partial charge < -0.3 is 5.11 Å². The van der Waals surface area contributed by atoms with E-state index >= 15 is 0 Å². The zero-order valence-electron chi connectivity index (χ0n) is 13.8. The van der Waals surface area contributed by atoms with Crippen LogP contribution in [0.2, 0.25) is 0 Å². The molecule has 0 spiro atoms. The largest absolute Gasteiger partial charge is 0.494 e. The van der Waals surface area contributed by atoms with E-state index in [0.717, 1.165) is 25.7 Å². The van der Waals surface area contributed by atoms with Crippen LogP contribution in [0.3, 0.4) is 0 Å². The SMILES string of the molecule is CC[C@@H](C)n1c(O)c(C=NCCC2=CCCCC2)c(=O)[nH]c1=S. The van der Waals surface area contributed by atoms with Gasteiger partial charge in [-0.15, -0.1) is 0 Å². The molecule has 0 aliphatic heterocycles. The quantitative estimate of drug-likeness (QED) is 0.471. The van der Waals surface area contributed by atoms with E-state index in [2.05, 4.69) is 16.1 Å². The molecule has 1 heterocycles. The second-order valence-corrected chi connectivity index (χ2v) is 6.40. The standard InChI is InChI=1S/C17H25N3O2S/c1-3-12(2)20-16(22)14(15(21)19-17(20)23)11-18-10-9-13-7-5-4-6-8-13/h7,11-12,22H,3-6,8-10H2,1-2H3,(H,19,21,23)/t12-/m1/s1. The van der Waals surface area contributed by atoms with Crippen LogP contribution in [0.5, 0.6) is 5.88 Å². The van der Waals surface area contributed by atoms with Crippen LogP contribution in [-0.4, -0.2) is 27.4 Å². The first-order valence-corrected chi connectivity index (χ1v) is 8.71. The molecule has 2 rings (SSSR count). The van der Waals surface area contributed by atoms with Gasteiger partial charge >= 0.3 is 0 Å². The van der Waals surface area contributed by atoms with E-state index < -0.39 is 5.56 Å². The maximum atomic E-state index is 12.0. The number of aromatic hydroxyl groups is 1. The van der Waals surface area contributed by atoms with Crippen molar-refractivity contribution >= 4 is 18.4 Å². The molecule has 1 aromatic heterocycles. The molecule has 0 aromatic carbocycles. The van der Waals surface area contributed by atoms with E-state index in [4.69, 9.17) is 12.2 Å². The summed E-state index contributed by atoms with van der Waals surface area (Å²) in [5.74, 6) is -0.103. The van der Waals surface area contributed by atoms with Crippen LogP contribution < -0.4 is 5.56 Å². The average Bonchev–Trinajstić information content (AvgIpc) is 2.54. The predicted octanol–water partition coefficient (Wildman–Crippen LogP) is 3.89. The van der Waals surface area contributed by atoms with Crippen molar-refractivity contribution in [1.29, 1.82) is 0 Å². The van der Waals surface area contributed by atoms with Gasteiger partial charge in [0, 0.05) is 18.8 Å². The predicted molar refractivity (Wildman–Crippen MR) is 96.2 cm³/mol. The number of allylic oxidation sites excluding steroid dienone is 1. The van der Waals surface area contributed by atoms with Crippen molar-refractivity contribution in [1.82, 2.24) is 9.55 Å². The summed E-state index contributed by atoms with van der Waals surface area (Å²) in [5, 5.41) is 10.4. The number of aromatic amines is 1. The number of hydrogen-bond acceptors (Lipinski definition) is 4. The van der Waals surface area contributed by atoms with Gasteiger partial charge in [0.2, 0.25) is 5.88 Å². The highest BCUT2D eigenvalue weighted by Gasteiger charge is 2.14. The van der Waals surface area contributed by atoms with Crippen LogP contribution in [0.1, 0.15) is 64.0 Å². The van der Waals surface area contributed by atoms with Gasteiger partial charge in [-0.05, 0) is 57.7 Å². The Bertz CT molecular complexity index is 716. The second-order valence-electron chi connectivity index (χ2n) is 6.02. The van der Waals surface area contributed by atoms with E-state index in [1.54, 1.807) is 4.57 Å². The maximum absolute atomic E-state index is 12.0. The Balaban J connectivity index is 2.15. The first-order valence-electron chi connectivity index (χ1n) is 8.30. The highest BCUT2D eigenvalue weighted by Crippen LogP contribution is 2.21. The van der Waals surface area contributed by atoms with Gasteiger partial charge in [0.25, 0.3) is 5.56 Å². The third-order valence-electron chi connectivity index (χ3n) is 4.35. The van der Waals surface area contributed by atoms with Crippen molar-refractivity contribution in [2.24, 2.45) is 4.99 Å². The number of nitrogens with one attached hydrogen (secondary N) is 1. The van der Waals surface area contributed by atoms with Gasteiger partial charge in [0.05, 0.1) is 0 Å². The molecule has 0 unspecified atom stereocenters. The fourth-order valence-corrected chi connectivity index (χ4v) is 3.11. The lowest BCUT2D eigenvalue weighted by atomic mass is 9.97. The molecule has 0 amide bonds. The number of aromatic nitrogens is 2. The summed E-state index contributed by atoms with van der Waals surface area (Å²) in [7, 11) is 0. The lowest BCUT2D eigenvalue weighted by Gasteiger charge is -2.16. The van der Waals surface area contributed by atoms with Crippen LogP contribution in [0, 0.1) is 4.77 Å². The molecule has 1 atom stereocenters. The minimum atomic E-state index is -0.396. The molecule has 1 aliphatic rings. The fourth-order valence-electron chi connectivity index (χ4n) is 2.76. The zero-order chi connectivity index (χ0) is 16.8. The van der Waals surface area contributed by atoms with Crippen LogP contribution >= 0.6 is 12.2 Å². The van der Waals surface area contributed by atoms with Gasteiger partial charge in [0.15, 0.2) is 4.77 Å². The summed E-state index contributed by atoms with van der Waals surface area (Å²) in [6, 6.07) is 0.0129. The minimum absolute atomic E-state index is 0.0129. The summed E-state index contributed by atoms with van der Waals surface area (Å²) in [6.07, 6.45) is 10.3. The number of hydrogen-bond donors (Lipinski definition) is 2. The van der Waals surface area contributed by atoms with Crippen molar-refractivity contribution in [2.45, 2.75) is 58.4 Å². The van der Waals surface area contributed by atoms with E-state index in [-0.39, 0.29) is 22.3 Å². The molecule has 6 heteroatoms. The highest BCUT2D eigenvalue weighted by molar-refractivity contribution is 7.71. The summed E-state index contributed by atoms with van der Waals surface area (Å²) in [5.41, 5.74) is 1.23. The van der Waals surface area contributed by atoms with Crippen molar-refractivity contribution in [2.75, 3.05) is 6.54 Å². The van der Waals surface area contributed by atoms with Gasteiger partial charge in [-0.3, -0.25) is 19.3 Å². The molecular formula is C17H25N3O2S. The summed E-state index contributed by atoms with van der Waals surface area (Å²) < 4.78 is 1.81. The zero-order valence-corrected chi connectivity index (χ0v) is 14.7. The van der Waals surface area contributed by atoms with E-state index in [0.29, 0.717) is 6.54 Å². The van der Waals surface area contributed by atoms with Gasteiger partial charge in [-0.2, -0.15) is 0 Å². The molecule has 0 saturated heterocycles. The molecule has 2 N–H and O–H groups in total. The third-order valence-corrected chi connectivity index (χ3v) is 4.65. The Morgan fingerprint density at radius 2 is 2.30 bits per heavy atom. The molecule has 23 heavy (non-hydrogen) atoms. The molecule has 1 aromatic rings. The lowest BCUT2D eigenvalue weighted by Crippen LogP contribution is -2.20. The summed E-state index contributed by atoms with van der Waals surface area (Å²) in [4.78, 5) is 19.0. The smallest absolute Gasteiger partial charge is 0.264 e. The van der Waals surface area contributed by atoms with Crippen molar-refractivity contribution in [3.05, 3.63) is 32.3 Å². The Morgan fingerprint density at radius 3 is 2.96 bits per heavy atom. The number of nitrogens with zero attached hydrogens (tertiary/aromatic N) is 2. The normalized spacial score (nSPS) is 16.5. The first kappa shape index (κ1) is 17.7. The Hall–Kier alpha value is -1.69. The van der Waals surface area contributed by atoms with Crippen LogP contribution in [0.25, 0.3) is 0 Å². The first-order chi connectivity index (χ1) is 11.0. The fraction of sp³-hybridized carbons (Fsp3) is 0.588. The molecule has 5 nitrogen and oxygen atoms in total. The van der Waals surface area contributed by atoms with Gasteiger partial charge in [-0.25, -0.2) is 0 Å². The van der Waals surface area contributed by atoms with Gasteiger partial charge in [0.1, 0.15) is 5.56 Å². The Morgan fingerprint density at radius 1 is 1.52 bits per heavy atom. The molecule has 126 valence electrons. The molecule has 0 fully saturated rings. The summed E-state index contributed by atoms with van der Waals surface area (Å²) >= 11 is 5.15. The molecule has 0 bridgehead atoms. The van der Waals surface area contributed by atoms with Crippen LogP contribution in [0.4, 0.5) is 0 Å². The number of aliphatic imine (C=N–C) groups is 1. The highest BCUT2D eigenvalue weighted by atomic mass is 32.1. The van der Waals surface area contributed by atoms with E-state index in [1.807, 2.05) is 13.8 Å². The van der Waals surface area contributed by atoms with Crippen LogP contribution in [-0.2, 0) is 0 Å². The molecule has 0 saturated carbocycles. The van der Waals surface area contributed by atoms with Crippen molar-refractivity contribution < 1.29 is 5.11 Å². The number of rotatable bonds is 6. The van der Waals surface area contributed by atoms with Crippen LogP contribution in [0.15, 0.2) is 21.4 Å². The van der Waals surface area contributed by atoms with E-state index in [9.17, 15) is 9.90 Å². The summed E-state index contributed by atoms with van der Waals surface area (Å²) in [6.45, 7) is 4.58. The minimum Gasteiger partial charge on any atom is -0.494 e. The average molecular weight is 335 g/mol. The molecule has 1 aliphatic carbocycles. The molecular weight excluding hydrogens is 310 g/mol. The Kier molecular flexibility index (Phi) is 6.33. The lowest BCUT2D eigenvalue weighted by molar-refractivity contribution is 0.371. The maximum Gasteiger partial charge on any atom is 0.264 e. The molecule has 0 radical (unpaired) electrons. The Labute approximate surface area is 141 Å². The van der Waals surface area contributed by atoms with E-state index in [1.165, 1.54) is 24.6 Å². The number of H-pyrrole nitrogens is 1. The second kappa shape index (κ2) is 8.24. The third kappa shape index (κ3) is 4.41. The van der Waals surface area contributed by atoms with Crippen molar-refractivity contribution in [3.8, 4) is 5.88 Å². The van der Waals surface area contributed by atoms with Crippen molar-refractivity contribution in [3.63, 3.8) is 0 Å². The monoisotopic (exact) mass is 335 g/mol. The topological polar surface area (TPSA) is 70.4 Å².